The van der Waals surface area contributed by atoms with Crippen LogP contribution in [0.25, 0.3) is 5.78 Å². The molecule has 2 aliphatic heterocycles. The second-order valence-corrected chi connectivity index (χ2v) is 9.52. The molecule has 4 amide bonds. The van der Waals surface area contributed by atoms with Crippen LogP contribution in [-0.2, 0) is 9.53 Å². The molecule has 0 saturated carbocycles. The maximum atomic E-state index is 15.1. The molecule has 0 spiro atoms. The van der Waals surface area contributed by atoms with Crippen molar-refractivity contribution in [1.29, 1.82) is 0 Å². The summed E-state index contributed by atoms with van der Waals surface area (Å²) < 4.78 is 36.8. The third kappa shape index (κ3) is 5.80. The maximum Gasteiger partial charge on any atom is 0.414 e. The number of carbonyl (C=O) groups excluding carboxylic acids is 3. The molecule has 2 aromatic heterocycles. The first-order valence-corrected chi connectivity index (χ1v) is 12.7. The number of anilines is 2. The maximum absolute atomic E-state index is 15.1. The Kier molecular flexibility index (Phi) is 7.54. The van der Waals surface area contributed by atoms with Crippen molar-refractivity contribution in [3.8, 4) is 0 Å². The van der Waals surface area contributed by atoms with Crippen molar-refractivity contribution in [3.63, 3.8) is 0 Å². The van der Waals surface area contributed by atoms with E-state index in [1.807, 2.05) is 0 Å². The van der Waals surface area contributed by atoms with Crippen molar-refractivity contribution < 1.29 is 37.8 Å². The Morgan fingerprint density at radius 3 is 2.54 bits per heavy atom. The minimum absolute atomic E-state index is 0.0636. The van der Waals surface area contributed by atoms with Gasteiger partial charge in [-0.1, -0.05) is 0 Å². The van der Waals surface area contributed by atoms with E-state index in [9.17, 15) is 19.2 Å². The quantitative estimate of drug-likeness (QED) is 0.376. The molecule has 2 fully saturated rings. The number of rotatable bonds is 7. The lowest BCUT2D eigenvalue weighted by Crippen LogP contribution is -2.54. The monoisotopic (exact) mass is 572 g/mol. The predicted octanol–water partition coefficient (Wildman–Crippen LogP) is 1.07. The van der Waals surface area contributed by atoms with Gasteiger partial charge in [-0.2, -0.15) is 0 Å². The van der Waals surface area contributed by atoms with Gasteiger partial charge in [0.2, 0.25) is 11.7 Å². The van der Waals surface area contributed by atoms with Crippen molar-refractivity contribution in [2.45, 2.75) is 19.1 Å². The van der Waals surface area contributed by atoms with Crippen molar-refractivity contribution in [3.05, 3.63) is 54.1 Å². The van der Waals surface area contributed by atoms with Crippen molar-refractivity contribution in [1.82, 2.24) is 29.9 Å². The number of carboxylic acid groups (broad SMARTS) is 1. The molecule has 5 rings (SSSR count). The van der Waals surface area contributed by atoms with Gasteiger partial charge in [-0.3, -0.25) is 18.9 Å². The van der Waals surface area contributed by atoms with E-state index in [0.717, 1.165) is 17.0 Å². The molecule has 16 heteroatoms. The Morgan fingerprint density at radius 2 is 1.88 bits per heavy atom. The summed E-state index contributed by atoms with van der Waals surface area (Å²) in [4.78, 5) is 60.6. The van der Waals surface area contributed by atoms with E-state index in [1.54, 1.807) is 29.8 Å². The number of aromatic nitrogens is 3. The third-order valence-corrected chi connectivity index (χ3v) is 6.76. The number of piperazine rings is 1. The number of amides is 4. The fraction of sp³-hybridized carbons (Fsp3) is 0.360. The average molecular weight is 573 g/mol. The first-order chi connectivity index (χ1) is 19.6. The Labute approximate surface area is 231 Å². The summed E-state index contributed by atoms with van der Waals surface area (Å²) in [5.41, 5.74) is -0.247. The van der Waals surface area contributed by atoms with E-state index < -0.39 is 41.9 Å². The number of imidazole rings is 1. The largest absolute Gasteiger partial charge is 0.465 e. The number of nitrogens with one attached hydrogen (secondary N) is 2. The van der Waals surface area contributed by atoms with Gasteiger partial charge < -0.3 is 30.3 Å². The number of fused-ring (bicyclic) bond motifs is 1. The van der Waals surface area contributed by atoms with E-state index in [-0.39, 0.29) is 62.2 Å². The number of carbonyl (C=O) groups is 4. The van der Waals surface area contributed by atoms with Crippen molar-refractivity contribution >= 4 is 41.2 Å². The second-order valence-electron chi connectivity index (χ2n) is 9.52. The predicted molar refractivity (Wildman–Crippen MR) is 139 cm³/mol. The van der Waals surface area contributed by atoms with Crippen LogP contribution in [0.5, 0.6) is 0 Å². The molecule has 2 atom stereocenters. The van der Waals surface area contributed by atoms with Crippen LogP contribution in [-0.4, -0.2) is 99.8 Å². The number of ether oxygens (including phenoxy) is 1. The summed E-state index contributed by atoms with van der Waals surface area (Å²) in [6.45, 7) is 1.89. The SMILES string of the molecule is C[C@@H](NC(=O)c1cn2cccnc2n1)C(=O)N1CCN(c2c(F)cc(N3C[C@H](CNC(=O)O)OC3=O)cc2F)CC1. The summed E-state index contributed by atoms with van der Waals surface area (Å²) in [5.74, 6) is -2.34. The van der Waals surface area contributed by atoms with Crippen molar-refractivity contribution in [2.75, 3.05) is 49.1 Å². The molecule has 2 aliphatic rings. The number of halogens is 2. The molecular weight excluding hydrogens is 546 g/mol. The molecule has 3 aromatic rings. The molecule has 2 saturated heterocycles. The van der Waals surface area contributed by atoms with E-state index in [4.69, 9.17) is 9.84 Å². The van der Waals surface area contributed by atoms with Crippen molar-refractivity contribution in [2.24, 2.45) is 0 Å². The smallest absolute Gasteiger partial charge is 0.414 e. The molecule has 3 N–H and O–H groups in total. The summed E-state index contributed by atoms with van der Waals surface area (Å²) in [6, 6.07) is 2.85. The normalized spacial score (nSPS) is 17.9. The van der Waals surface area contributed by atoms with E-state index in [1.165, 1.54) is 16.0 Å². The minimum atomic E-state index is -1.29. The van der Waals surface area contributed by atoms with Crippen LogP contribution >= 0.6 is 0 Å². The Bertz CT molecular complexity index is 1450. The zero-order valence-electron chi connectivity index (χ0n) is 21.8. The molecule has 0 radical (unpaired) electrons. The molecule has 0 bridgehead atoms. The fourth-order valence-corrected chi connectivity index (χ4v) is 4.75. The molecular formula is C25H26F2N8O6. The lowest BCUT2D eigenvalue weighted by atomic mass is 10.1. The fourth-order valence-electron chi connectivity index (χ4n) is 4.75. The molecule has 216 valence electrons. The number of hydrogen-bond donors (Lipinski definition) is 3. The summed E-state index contributed by atoms with van der Waals surface area (Å²) in [7, 11) is 0. The molecule has 4 heterocycles. The summed E-state index contributed by atoms with van der Waals surface area (Å²) in [5, 5.41) is 13.4. The van der Waals surface area contributed by atoms with Gasteiger partial charge in [-0.25, -0.2) is 28.3 Å². The van der Waals surface area contributed by atoms with Crippen LogP contribution in [0.15, 0.2) is 36.8 Å². The van der Waals surface area contributed by atoms with Crippen LogP contribution in [0, 0.1) is 11.6 Å². The van der Waals surface area contributed by atoms with Crippen LogP contribution in [0.1, 0.15) is 17.4 Å². The summed E-state index contributed by atoms with van der Waals surface area (Å²) in [6.07, 6.45) is 1.80. The highest BCUT2D eigenvalue weighted by Crippen LogP contribution is 2.31. The Hall–Kier alpha value is -5.02. The molecule has 14 nitrogen and oxygen atoms in total. The van der Waals surface area contributed by atoms with Gasteiger partial charge in [-0.05, 0) is 13.0 Å². The standard InChI is InChI=1S/C25H26F2N8O6/c1-14(30-21(36)19-13-34-4-2-3-28-23(34)31-19)22(37)33-7-5-32(6-8-33)20-17(26)9-15(10-18(20)27)35-12-16(41-25(35)40)11-29-24(38)39/h2-4,9-10,13-14,16,29H,5-8,11-12H2,1H3,(H,30,36)(H,38,39)/t14-,16+/m1/s1. The topological polar surface area (TPSA) is 162 Å². The van der Waals surface area contributed by atoms with Crippen LogP contribution in [0.4, 0.5) is 29.7 Å². The first kappa shape index (κ1) is 27.5. The second kappa shape index (κ2) is 11.2. The molecule has 41 heavy (non-hydrogen) atoms. The lowest BCUT2D eigenvalue weighted by Gasteiger charge is -2.37. The minimum Gasteiger partial charge on any atom is -0.465 e. The van der Waals surface area contributed by atoms with Gasteiger partial charge in [-0.15, -0.1) is 0 Å². The Balaban J connectivity index is 1.17. The highest BCUT2D eigenvalue weighted by molar-refractivity contribution is 5.96. The average Bonchev–Trinajstić information content (AvgIpc) is 3.55. The van der Waals surface area contributed by atoms with Gasteiger partial charge >= 0.3 is 12.2 Å². The van der Waals surface area contributed by atoms with E-state index in [2.05, 4.69) is 20.6 Å². The van der Waals surface area contributed by atoms with Crippen LogP contribution in [0.3, 0.4) is 0 Å². The zero-order chi connectivity index (χ0) is 29.3. The van der Waals surface area contributed by atoms with Crippen LogP contribution in [0.2, 0.25) is 0 Å². The zero-order valence-corrected chi connectivity index (χ0v) is 21.8. The molecule has 1 aromatic carbocycles. The molecule has 0 unspecified atom stereocenters. The number of benzene rings is 1. The van der Waals surface area contributed by atoms with E-state index in [0.29, 0.717) is 5.78 Å². The molecule has 0 aliphatic carbocycles. The first-order valence-electron chi connectivity index (χ1n) is 12.7. The summed E-state index contributed by atoms with van der Waals surface area (Å²) >= 11 is 0. The van der Waals surface area contributed by atoms with Gasteiger partial charge in [0.15, 0.2) is 11.6 Å². The van der Waals surface area contributed by atoms with Gasteiger partial charge in [0.05, 0.1) is 18.8 Å². The number of nitrogens with zero attached hydrogens (tertiary/aromatic N) is 6. The van der Waals surface area contributed by atoms with E-state index >= 15 is 8.78 Å². The number of hydrogen-bond acceptors (Lipinski definition) is 8. The highest BCUT2D eigenvalue weighted by Gasteiger charge is 2.34. The third-order valence-electron chi connectivity index (χ3n) is 6.76. The van der Waals surface area contributed by atoms with Gasteiger partial charge in [0.25, 0.3) is 5.91 Å². The van der Waals surface area contributed by atoms with Crippen LogP contribution < -0.4 is 20.4 Å². The lowest BCUT2D eigenvalue weighted by molar-refractivity contribution is -0.133. The van der Waals surface area contributed by atoms with Gasteiger partial charge in [0, 0.05) is 56.9 Å². The van der Waals surface area contributed by atoms with Gasteiger partial charge in [0.1, 0.15) is 23.5 Å². The number of cyclic esters (lactones) is 1. The highest BCUT2D eigenvalue weighted by atomic mass is 19.1. The Morgan fingerprint density at radius 1 is 1.17 bits per heavy atom.